The second kappa shape index (κ2) is 6.41. The average molecular weight is 527 g/mol. The van der Waals surface area contributed by atoms with Crippen LogP contribution >= 0.6 is 0 Å². The van der Waals surface area contributed by atoms with Gasteiger partial charge in [-0.3, -0.25) is 0 Å². The first-order valence-electron chi connectivity index (χ1n) is 9.08. The predicted octanol–water partition coefficient (Wildman–Crippen LogP) is 6.31. The Balaban J connectivity index is 0.00000180. The van der Waals surface area contributed by atoms with Gasteiger partial charge >= 0.3 is 0 Å². The minimum absolute atomic E-state index is 0. The number of hydrogen-bond acceptors (Lipinski definition) is 1. The molecule has 3 aromatic carbocycles. The van der Waals surface area contributed by atoms with Crippen molar-refractivity contribution in [3.05, 3.63) is 89.6 Å². The molecular weight excluding hydrogens is 506 g/mol. The van der Waals surface area contributed by atoms with Gasteiger partial charge in [-0.1, -0.05) is 79.1 Å². The van der Waals surface area contributed by atoms with Gasteiger partial charge in [-0.15, -0.1) is 29.3 Å². The van der Waals surface area contributed by atoms with Gasteiger partial charge in [-0.25, -0.2) is 0 Å². The molecule has 1 aliphatic carbocycles. The molecule has 0 aliphatic heterocycles. The van der Waals surface area contributed by atoms with E-state index >= 15 is 0 Å². The van der Waals surface area contributed by atoms with Crippen LogP contribution in [0.3, 0.4) is 0 Å². The van der Waals surface area contributed by atoms with Crippen LogP contribution in [0, 0.1) is 13.0 Å². The minimum Gasteiger partial charge on any atom is -0.304 e. The third-order valence-electron chi connectivity index (χ3n) is 5.82. The molecule has 0 amide bonds. The van der Waals surface area contributed by atoms with Crippen molar-refractivity contribution in [1.29, 1.82) is 0 Å². The van der Waals surface area contributed by atoms with Crippen LogP contribution < -0.4 is 0 Å². The van der Waals surface area contributed by atoms with Crippen molar-refractivity contribution in [2.75, 3.05) is 0 Å². The quantitative estimate of drug-likeness (QED) is 0.265. The third-order valence-corrected chi connectivity index (χ3v) is 5.82. The van der Waals surface area contributed by atoms with E-state index in [2.05, 4.69) is 87.5 Å². The molecule has 135 valence electrons. The van der Waals surface area contributed by atoms with Gasteiger partial charge in [0, 0.05) is 26.3 Å². The van der Waals surface area contributed by atoms with Gasteiger partial charge in [0.25, 0.3) is 0 Å². The van der Waals surface area contributed by atoms with Crippen LogP contribution in [0.15, 0.2) is 66.9 Å². The van der Waals surface area contributed by atoms with E-state index in [9.17, 15) is 0 Å². The second-order valence-corrected chi connectivity index (χ2v) is 7.66. The largest absolute Gasteiger partial charge is 0.304 e. The molecule has 5 rings (SSSR count). The van der Waals surface area contributed by atoms with Gasteiger partial charge in [0.1, 0.15) is 0 Å². The maximum atomic E-state index is 4.77. The van der Waals surface area contributed by atoms with Crippen molar-refractivity contribution in [2.24, 2.45) is 0 Å². The summed E-state index contributed by atoms with van der Waals surface area (Å²) in [6.07, 6.45) is 1.97. The molecule has 0 bridgehead atoms. The standard InChI is InChI=1S/C25H20N.Ir/c1-16-19-9-5-4-8-18(19)15-26-24(16)17-12-13-21-20-10-6-7-11-22(20)25(2,3)23(21)14-17;/h4-11,13-15H,1-3H3;/q-1;. The number of hydrogen-bond donors (Lipinski definition) is 0. The van der Waals surface area contributed by atoms with E-state index < -0.39 is 0 Å². The Labute approximate surface area is 173 Å². The summed E-state index contributed by atoms with van der Waals surface area (Å²) in [5.74, 6) is 0. The van der Waals surface area contributed by atoms with E-state index in [1.807, 2.05) is 6.20 Å². The molecular formula is C25H20IrN-. The van der Waals surface area contributed by atoms with Gasteiger partial charge in [-0.2, -0.15) is 0 Å². The summed E-state index contributed by atoms with van der Waals surface area (Å²) in [5.41, 5.74) is 8.70. The molecule has 1 heterocycles. The zero-order chi connectivity index (χ0) is 17.9. The number of fused-ring (bicyclic) bond motifs is 4. The zero-order valence-electron chi connectivity index (χ0n) is 15.6. The fourth-order valence-corrected chi connectivity index (χ4v) is 4.36. The Morgan fingerprint density at radius 1 is 0.889 bits per heavy atom. The van der Waals surface area contributed by atoms with Gasteiger partial charge in [0.2, 0.25) is 0 Å². The molecule has 1 nitrogen and oxygen atoms in total. The summed E-state index contributed by atoms with van der Waals surface area (Å²) < 4.78 is 0. The van der Waals surface area contributed by atoms with Gasteiger partial charge in [0.15, 0.2) is 0 Å². The molecule has 2 heteroatoms. The smallest absolute Gasteiger partial charge is 0.0239 e. The SMILES string of the molecule is Cc1c(-c2[c-]cc3c(c2)C(C)(C)c2ccccc2-3)ncc2ccccc12.[Ir]. The van der Waals surface area contributed by atoms with Gasteiger partial charge in [0.05, 0.1) is 0 Å². The Morgan fingerprint density at radius 3 is 2.48 bits per heavy atom. The number of pyridine rings is 1. The monoisotopic (exact) mass is 527 g/mol. The van der Waals surface area contributed by atoms with Crippen LogP contribution in [0.4, 0.5) is 0 Å². The van der Waals surface area contributed by atoms with E-state index in [0.717, 1.165) is 11.3 Å². The summed E-state index contributed by atoms with van der Waals surface area (Å²) in [5, 5.41) is 2.44. The van der Waals surface area contributed by atoms with Crippen molar-refractivity contribution < 1.29 is 20.1 Å². The maximum absolute atomic E-state index is 4.77. The maximum Gasteiger partial charge on any atom is 0.0239 e. The Kier molecular flexibility index (Phi) is 4.29. The van der Waals surface area contributed by atoms with E-state index in [1.54, 1.807) is 0 Å². The van der Waals surface area contributed by atoms with Crippen LogP contribution in [-0.2, 0) is 25.5 Å². The number of benzene rings is 3. The molecule has 1 aromatic heterocycles. The number of aryl methyl sites for hydroxylation is 1. The minimum atomic E-state index is 0. The molecule has 4 aromatic rings. The molecule has 0 fully saturated rings. The third kappa shape index (κ3) is 2.59. The fraction of sp³-hybridized carbons (Fsp3) is 0.160. The van der Waals surface area contributed by atoms with Crippen molar-refractivity contribution in [2.45, 2.75) is 26.2 Å². The molecule has 0 unspecified atom stereocenters. The van der Waals surface area contributed by atoms with Crippen molar-refractivity contribution in [3.63, 3.8) is 0 Å². The molecule has 1 radical (unpaired) electrons. The zero-order valence-corrected chi connectivity index (χ0v) is 18.0. The van der Waals surface area contributed by atoms with Crippen molar-refractivity contribution in [1.82, 2.24) is 4.98 Å². The Morgan fingerprint density at radius 2 is 1.63 bits per heavy atom. The first-order chi connectivity index (χ1) is 12.6. The van der Waals surface area contributed by atoms with E-state index in [1.165, 1.54) is 38.6 Å². The summed E-state index contributed by atoms with van der Waals surface area (Å²) in [7, 11) is 0. The van der Waals surface area contributed by atoms with E-state index in [0.29, 0.717) is 0 Å². The summed E-state index contributed by atoms with van der Waals surface area (Å²) in [6, 6.07) is 25.1. The van der Waals surface area contributed by atoms with Crippen molar-refractivity contribution in [3.8, 4) is 22.4 Å². The molecule has 0 saturated heterocycles. The number of nitrogens with zero attached hydrogens (tertiary/aromatic N) is 1. The summed E-state index contributed by atoms with van der Waals surface area (Å²) >= 11 is 0. The number of rotatable bonds is 1. The van der Waals surface area contributed by atoms with Gasteiger partial charge < -0.3 is 4.98 Å². The van der Waals surface area contributed by atoms with Gasteiger partial charge in [-0.05, 0) is 34.4 Å². The first-order valence-corrected chi connectivity index (χ1v) is 9.08. The predicted molar refractivity (Wildman–Crippen MR) is 108 cm³/mol. The van der Waals surface area contributed by atoms with Crippen LogP contribution in [-0.4, -0.2) is 4.98 Å². The molecule has 0 N–H and O–H groups in total. The Hall–Kier alpha value is -2.28. The average Bonchev–Trinajstić information content (AvgIpc) is 2.90. The summed E-state index contributed by atoms with van der Waals surface area (Å²) in [6.45, 7) is 6.77. The van der Waals surface area contributed by atoms with Crippen LogP contribution in [0.1, 0.15) is 30.5 Å². The molecule has 27 heavy (non-hydrogen) atoms. The molecule has 1 aliphatic rings. The summed E-state index contributed by atoms with van der Waals surface area (Å²) in [4.78, 5) is 4.77. The first kappa shape index (κ1) is 18.1. The van der Waals surface area contributed by atoms with E-state index in [4.69, 9.17) is 4.98 Å². The van der Waals surface area contributed by atoms with Crippen LogP contribution in [0.25, 0.3) is 33.2 Å². The normalized spacial score (nSPS) is 13.7. The molecule has 0 atom stereocenters. The fourth-order valence-electron chi connectivity index (χ4n) is 4.36. The van der Waals surface area contributed by atoms with Crippen LogP contribution in [0.2, 0.25) is 0 Å². The second-order valence-electron chi connectivity index (χ2n) is 7.66. The van der Waals surface area contributed by atoms with Crippen LogP contribution in [0.5, 0.6) is 0 Å². The van der Waals surface area contributed by atoms with E-state index in [-0.39, 0.29) is 25.5 Å². The molecule has 0 spiro atoms. The molecule has 0 saturated carbocycles. The Bertz CT molecular complexity index is 1170. The van der Waals surface area contributed by atoms with Crippen molar-refractivity contribution >= 4 is 10.8 Å². The number of aromatic nitrogens is 1. The topological polar surface area (TPSA) is 12.9 Å².